The van der Waals surface area contributed by atoms with Gasteiger partial charge in [0.1, 0.15) is 0 Å². The Hall–Kier alpha value is -1.36. The monoisotopic (exact) mass is 316 g/mol. The molecule has 2 N–H and O–H groups in total. The molecule has 0 spiro atoms. The van der Waals surface area contributed by atoms with E-state index in [1.54, 1.807) is 6.07 Å². The standard InChI is InChI=1S/C18H28N4O/c23-17-12-16(20-18(21-17)22-8-4-5-9-22)13-10-15(11-13)19-14-6-2-1-3-7-14/h12-15,19H,1-11H2,(H,20,21,23). The van der Waals surface area contributed by atoms with Crippen molar-refractivity contribution in [1.82, 2.24) is 15.3 Å². The molecule has 126 valence electrons. The number of hydrogen-bond acceptors (Lipinski definition) is 4. The number of nitrogens with one attached hydrogen (secondary N) is 2. The lowest BCUT2D eigenvalue weighted by atomic mass is 9.77. The molecule has 0 atom stereocenters. The number of H-pyrrole nitrogens is 1. The molecule has 23 heavy (non-hydrogen) atoms. The Bertz CT molecular complexity index is 581. The van der Waals surface area contributed by atoms with Crippen LogP contribution < -0.4 is 15.8 Å². The van der Waals surface area contributed by atoms with Gasteiger partial charge in [0.2, 0.25) is 5.95 Å². The van der Waals surface area contributed by atoms with Gasteiger partial charge in [-0.3, -0.25) is 9.78 Å². The van der Waals surface area contributed by atoms with Crippen LogP contribution in [0.5, 0.6) is 0 Å². The van der Waals surface area contributed by atoms with E-state index in [-0.39, 0.29) is 5.56 Å². The molecule has 0 aromatic carbocycles. The molecular weight excluding hydrogens is 288 g/mol. The van der Waals surface area contributed by atoms with E-state index in [1.807, 2.05) is 0 Å². The Morgan fingerprint density at radius 3 is 2.52 bits per heavy atom. The second-order valence-corrected chi connectivity index (χ2v) is 7.55. The lowest BCUT2D eigenvalue weighted by Crippen LogP contribution is -2.46. The van der Waals surface area contributed by atoms with E-state index in [9.17, 15) is 4.79 Å². The molecule has 3 fully saturated rings. The van der Waals surface area contributed by atoms with E-state index in [1.165, 1.54) is 44.9 Å². The van der Waals surface area contributed by atoms with Crippen LogP contribution >= 0.6 is 0 Å². The van der Waals surface area contributed by atoms with Gasteiger partial charge in [-0.2, -0.15) is 0 Å². The first-order valence-electron chi connectivity index (χ1n) is 9.40. The average Bonchev–Trinajstić information content (AvgIpc) is 3.05. The SMILES string of the molecule is O=c1cc(C2CC(NC3CCCCC3)C2)nc(N2CCCC2)[nH]1. The van der Waals surface area contributed by atoms with Gasteiger partial charge in [0, 0.05) is 37.2 Å². The van der Waals surface area contributed by atoms with Gasteiger partial charge in [-0.05, 0) is 38.5 Å². The Morgan fingerprint density at radius 2 is 1.78 bits per heavy atom. The highest BCUT2D eigenvalue weighted by Gasteiger charge is 2.33. The summed E-state index contributed by atoms with van der Waals surface area (Å²) in [6, 6.07) is 3.06. The molecule has 0 amide bonds. The summed E-state index contributed by atoms with van der Waals surface area (Å²) in [7, 11) is 0. The lowest BCUT2D eigenvalue weighted by Gasteiger charge is -2.39. The highest BCUT2D eigenvalue weighted by atomic mass is 16.1. The Kier molecular flexibility index (Phi) is 4.38. The van der Waals surface area contributed by atoms with Crippen LogP contribution in [0.15, 0.2) is 10.9 Å². The molecule has 1 saturated heterocycles. The molecule has 4 rings (SSSR count). The van der Waals surface area contributed by atoms with Gasteiger partial charge < -0.3 is 10.2 Å². The van der Waals surface area contributed by atoms with Crippen LogP contribution in [0.25, 0.3) is 0 Å². The maximum Gasteiger partial charge on any atom is 0.252 e. The van der Waals surface area contributed by atoms with Crippen LogP contribution in [0.3, 0.4) is 0 Å². The summed E-state index contributed by atoms with van der Waals surface area (Å²) in [5, 5.41) is 3.82. The summed E-state index contributed by atoms with van der Waals surface area (Å²) < 4.78 is 0. The molecule has 5 nitrogen and oxygen atoms in total. The Labute approximate surface area is 137 Å². The molecule has 5 heteroatoms. The fourth-order valence-electron chi connectivity index (χ4n) is 4.35. The molecule has 2 saturated carbocycles. The molecule has 0 unspecified atom stereocenters. The van der Waals surface area contributed by atoms with Crippen LogP contribution in [0.4, 0.5) is 5.95 Å². The van der Waals surface area contributed by atoms with E-state index in [4.69, 9.17) is 4.98 Å². The summed E-state index contributed by atoms with van der Waals surface area (Å²) in [5.74, 6) is 1.24. The van der Waals surface area contributed by atoms with Crippen LogP contribution in [0.2, 0.25) is 0 Å². The second kappa shape index (κ2) is 6.63. The zero-order valence-corrected chi connectivity index (χ0v) is 13.9. The minimum Gasteiger partial charge on any atom is -0.342 e. The van der Waals surface area contributed by atoms with Crippen molar-refractivity contribution >= 4 is 5.95 Å². The molecule has 0 bridgehead atoms. The molecule has 3 aliphatic rings. The highest BCUT2D eigenvalue weighted by Crippen LogP contribution is 2.37. The van der Waals surface area contributed by atoms with Gasteiger partial charge >= 0.3 is 0 Å². The molecule has 1 aromatic rings. The molecule has 0 radical (unpaired) electrons. The third kappa shape index (κ3) is 3.44. The quantitative estimate of drug-likeness (QED) is 0.896. The number of anilines is 1. The van der Waals surface area contributed by atoms with Crippen LogP contribution in [0, 0.1) is 0 Å². The summed E-state index contributed by atoms with van der Waals surface area (Å²) in [6.07, 6.45) is 11.5. The number of nitrogens with zero attached hydrogens (tertiary/aromatic N) is 2. The van der Waals surface area contributed by atoms with Crippen molar-refractivity contribution in [2.75, 3.05) is 18.0 Å². The number of aromatic nitrogens is 2. The van der Waals surface area contributed by atoms with Gasteiger partial charge in [-0.15, -0.1) is 0 Å². The average molecular weight is 316 g/mol. The normalized spacial score (nSPS) is 28.8. The van der Waals surface area contributed by atoms with Gasteiger partial charge in [-0.25, -0.2) is 4.98 Å². The summed E-state index contributed by atoms with van der Waals surface area (Å²) in [5.41, 5.74) is 0.998. The van der Waals surface area contributed by atoms with Gasteiger partial charge in [-0.1, -0.05) is 19.3 Å². The first-order valence-corrected chi connectivity index (χ1v) is 9.40. The fraction of sp³-hybridized carbons (Fsp3) is 0.778. The Balaban J connectivity index is 1.36. The van der Waals surface area contributed by atoms with E-state index >= 15 is 0 Å². The van der Waals surface area contributed by atoms with E-state index in [0.29, 0.717) is 12.0 Å². The van der Waals surface area contributed by atoms with E-state index in [2.05, 4.69) is 15.2 Å². The van der Waals surface area contributed by atoms with Gasteiger partial charge in [0.15, 0.2) is 0 Å². The third-order valence-corrected chi connectivity index (χ3v) is 5.79. The van der Waals surface area contributed by atoms with E-state index in [0.717, 1.165) is 43.6 Å². The smallest absolute Gasteiger partial charge is 0.252 e. The zero-order valence-electron chi connectivity index (χ0n) is 13.9. The molecular formula is C18H28N4O. The fourth-order valence-corrected chi connectivity index (χ4v) is 4.35. The predicted octanol–water partition coefficient (Wildman–Crippen LogP) is 2.54. The maximum atomic E-state index is 12.0. The van der Waals surface area contributed by atoms with Crippen molar-refractivity contribution < 1.29 is 0 Å². The topological polar surface area (TPSA) is 61.0 Å². The third-order valence-electron chi connectivity index (χ3n) is 5.79. The van der Waals surface area contributed by atoms with Crippen molar-refractivity contribution in [3.63, 3.8) is 0 Å². The van der Waals surface area contributed by atoms with Crippen LogP contribution in [-0.4, -0.2) is 35.1 Å². The first-order chi connectivity index (χ1) is 11.3. The van der Waals surface area contributed by atoms with Crippen molar-refractivity contribution in [3.8, 4) is 0 Å². The van der Waals surface area contributed by atoms with Crippen LogP contribution in [0.1, 0.15) is 69.4 Å². The minimum absolute atomic E-state index is 0.000546. The van der Waals surface area contributed by atoms with Crippen molar-refractivity contribution in [2.24, 2.45) is 0 Å². The highest BCUT2D eigenvalue weighted by molar-refractivity contribution is 5.32. The summed E-state index contributed by atoms with van der Waals surface area (Å²) >= 11 is 0. The molecule has 1 aromatic heterocycles. The second-order valence-electron chi connectivity index (χ2n) is 7.55. The number of hydrogen-bond donors (Lipinski definition) is 2. The van der Waals surface area contributed by atoms with Crippen molar-refractivity contribution in [1.29, 1.82) is 0 Å². The van der Waals surface area contributed by atoms with Gasteiger partial charge in [0.05, 0.1) is 5.69 Å². The molecule has 2 aliphatic carbocycles. The largest absolute Gasteiger partial charge is 0.342 e. The van der Waals surface area contributed by atoms with Crippen molar-refractivity contribution in [2.45, 2.75) is 75.8 Å². The molecule has 2 heterocycles. The predicted molar refractivity (Wildman–Crippen MR) is 92.1 cm³/mol. The zero-order chi connectivity index (χ0) is 15.6. The van der Waals surface area contributed by atoms with Crippen LogP contribution in [-0.2, 0) is 0 Å². The van der Waals surface area contributed by atoms with E-state index < -0.39 is 0 Å². The molecule has 1 aliphatic heterocycles. The number of rotatable bonds is 4. The lowest BCUT2D eigenvalue weighted by molar-refractivity contribution is 0.235. The number of aromatic amines is 1. The van der Waals surface area contributed by atoms with Crippen molar-refractivity contribution in [3.05, 3.63) is 22.1 Å². The minimum atomic E-state index is 0.000546. The maximum absolute atomic E-state index is 12.0. The van der Waals surface area contributed by atoms with Gasteiger partial charge in [0.25, 0.3) is 5.56 Å². The summed E-state index contributed by atoms with van der Waals surface area (Å²) in [4.78, 5) is 21.9. The summed E-state index contributed by atoms with van der Waals surface area (Å²) in [6.45, 7) is 2.03. The first kappa shape index (κ1) is 15.2. The Morgan fingerprint density at radius 1 is 1.04 bits per heavy atom.